The van der Waals surface area contributed by atoms with E-state index in [4.69, 9.17) is 13.9 Å². The van der Waals surface area contributed by atoms with E-state index < -0.39 is 22.9 Å². The number of phenols is 1. The molecular formula is C16H12O7. The molecule has 0 bridgehead atoms. The van der Waals surface area contributed by atoms with Crippen LogP contribution >= 0.6 is 0 Å². The fourth-order valence-electron chi connectivity index (χ4n) is 2.71. The van der Waals surface area contributed by atoms with Crippen molar-refractivity contribution in [1.82, 2.24) is 0 Å². The van der Waals surface area contributed by atoms with Crippen molar-refractivity contribution in [3.05, 3.63) is 45.2 Å². The van der Waals surface area contributed by atoms with Crippen LogP contribution in [0.5, 0.6) is 11.5 Å². The van der Waals surface area contributed by atoms with Crippen LogP contribution in [0.2, 0.25) is 0 Å². The predicted octanol–water partition coefficient (Wildman–Crippen LogP) is 1.72. The molecule has 2 aromatic rings. The summed E-state index contributed by atoms with van der Waals surface area (Å²) in [5, 5.41) is 10.4. The first kappa shape index (κ1) is 14.8. The second kappa shape index (κ2) is 4.98. The van der Waals surface area contributed by atoms with E-state index in [0.717, 1.165) is 6.08 Å². The molecule has 0 saturated carbocycles. The third-order valence-electron chi connectivity index (χ3n) is 3.65. The number of carbonyl (C=O) groups is 2. The molecule has 1 aliphatic carbocycles. The van der Waals surface area contributed by atoms with Crippen LogP contribution in [0.15, 0.2) is 27.1 Å². The van der Waals surface area contributed by atoms with Gasteiger partial charge < -0.3 is 19.0 Å². The smallest absolute Gasteiger partial charge is 0.347 e. The lowest BCUT2D eigenvalue weighted by atomic mass is 9.88. The summed E-state index contributed by atoms with van der Waals surface area (Å²) >= 11 is 0. The third kappa shape index (κ3) is 1.93. The summed E-state index contributed by atoms with van der Waals surface area (Å²) in [5.74, 6) is -1.74. The minimum Gasteiger partial charge on any atom is -0.506 e. The first-order valence-electron chi connectivity index (χ1n) is 6.62. The maximum absolute atomic E-state index is 12.5. The summed E-state index contributed by atoms with van der Waals surface area (Å²) in [5.41, 5.74) is -1.25. The Morgan fingerprint density at radius 1 is 1.09 bits per heavy atom. The molecule has 1 N–H and O–H groups in total. The minimum atomic E-state index is -0.819. The van der Waals surface area contributed by atoms with Gasteiger partial charge in [-0.25, -0.2) is 4.79 Å². The first-order valence-corrected chi connectivity index (χ1v) is 6.62. The number of methoxy groups -OCH3 is 2. The zero-order chi connectivity index (χ0) is 16.9. The number of aryl methyl sites for hydroxylation is 1. The minimum absolute atomic E-state index is 0.0183. The van der Waals surface area contributed by atoms with Crippen LogP contribution in [0.1, 0.15) is 26.5 Å². The van der Waals surface area contributed by atoms with Crippen molar-refractivity contribution in [2.75, 3.05) is 14.2 Å². The van der Waals surface area contributed by atoms with E-state index >= 15 is 0 Å². The van der Waals surface area contributed by atoms with Gasteiger partial charge in [-0.3, -0.25) is 9.59 Å². The Morgan fingerprint density at radius 3 is 2.39 bits per heavy atom. The zero-order valence-electron chi connectivity index (χ0n) is 12.6. The van der Waals surface area contributed by atoms with Gasteiger partial charge >= 0.3 is 5.63 Å². The maximum atomic E-state index is 12.5. The molecule has 0 atom stereocenters. The average molecular weight is 316 g/mol. The third-order valence-corrected chi connectivity index (χ3v) is 3.65. The lowest BCUT2D eigenvalue weighted by Crippen LogP contribution is -2.20. The number of allylic oxidation sites excluding steroid dienone is 2. The second-order valence-corrected chi connectivity index (χ2v) is 4.97. The predicted molar refractivity (Wildman–Crippen MR) is 79.2 cm³/mol. The fraction of sp³-hybridized carbons (Fsp3) is 0.188. The zero-order valence-corrected chi connectivity index (χ0v) is 12.6. The van der Waals surface area contributed by atoms with Gasteiger partial charge in [0.25, 0.3) is 0 Å². The van der Waals surface area contributed by atoms with E-state index in [0.29, 0.717) is 0 Å². The molecule has 7 heteroatoms. The molecule has 0 radical (unpaired) electrons. The first-order chi connectivity index (χ1) is 10.9. The van der Waals surface area contributed by atoms with Gasteiger partial charge in [0, 0.05) is 11.5 Å². The molecule has 7 nitrogen and oxygen atoms in total. The van der Waals surface area contributed by atoms with Crippen LogP contribution in [0.4, 0.5) is 0 Å². The molecule has 0 unspecified atom stereocenters. The van der Waals surface area contributed by atoms with Gasteiger partial charge in [0.05, 0.1) is 25.3 Å². The van der Waals surface area contributed by atoms with Crippen molar-refractivity contribution in [2.45, 2.75) is 6.92 Å². The summed E-state index contributed by atoms with van der Waals surface area (Å²) in [6, 6.07) is 1.46. The van der Waals surface area contributed by atoms with Crippen LogP contribution in [0.3, 0.4) is 0 Å². The van der Waals surface area contributed by atoms with Gasteiger partial charge in [0.2, 0.25) is 5.78 Å². The monoisotopic (exact) mass is 316 g/mol. The van der Waals surface area contributed by atoms with E-state index in [1.807, 2.05) is 0 Å². The number of aromatic hydroxyl groups is 1. The van der Waals surface area contributed by atoms with Gasteiger partial charge in [-0.1, -0.05) is 0 Å². The van der Waals surface area contributed by atoms with Crippen molar-refractivity contribution in [1.29, 1.82) is 0 Å². The molecule has 0 aliphatic heterocycles. The molecule has 1 aromatic carbocycles. The van der Waals surface area contributed by atoms with Crippen molar-refractivity contribution >= 4 is 22.3 Å². The number of ether oxygens (including phenoxy) is 2. The highest BCUT2D eigenvalue weighted by molar-refractivity contribution is 6.28. The number of ketones is 2. The molecule has 3 rings (SSSR count). The molecule has 23 heavy (non-hydrogen) atoms. The number of phenolic OH excluding ortho intramolecular Hbond substituents is 1. The van der Waals surface area contributed by atoms with Gasteiger partial charge in [-0.15, -0.1) is 0 Å². The number of fused-ring (bicyclic) bond motifs is 2. The standard InChI is InChI=1S/C16H12O7/c1-6-4-7-10(16(20)23-6)14(19)11-8(17)5-9(21-2)13(18)12(11)15(7)22-3/h4-5,19H,1-3H3. The van der Waals surface area contributed by atoms with Gasteiger partial charge in [-0.2, -0.15) is 0 Å². The van der Waals surface area contributed by atoms with E-state index in [1.165, 1.54) is 20.3 Å². The van der Waals surface area contributed by atoms with E-state index in [-0.39, 0.29) is 39.2 Å². The quantitative estimate of drug-likeness (QED) is 0.899. The van der Waals surface area contributed by atoms with Crippen LogP contribution < -0.4 is 10.4 Å². The number of carbonyl (C=O) groups excluding carboxylic acids is 2. The molecule has 1 heterocycles. The maximum Gasteiger partial charge on any atom is 0.347 e. The lowest BCUT2D eigenvalue weighted by molar-refractivity contribution is 0.0912. The van der Waals surface area contributed by atoms with Crippen molar-refractivity contribution in [3.63, 3.8) is 0 Å². The Bertz CT molecular complexity index is 963. The molecule has 1 aromatic heterocycles. The Balaban J connectivity index is 2.57. The van der Waals surface area contributed by atoms with Crippen molar-refractivity contribution < 1.29 is 28.6 Å². The highest BCUT2D eigenvalue weighted by atomic mass is 16.5. The Kier molecular flexibility index (Phi) is 3.21. The molecule has 0 spiro atoms. The van der Waals surface area contributed by atoms with Crippen molar-refractivity contribution in [2.24, 2.45) is 0 Å². The number of hydrogen-bond donors (Lipinski definition) is 1. The van der Waals surface area contributed by atoms with E-state index in [2.05, 4.69) is 0 Å². The summed E-state index contributed by atoms with van der Waals surface area (Å²) in [4.78, 5) is 36.8. The topological polar surface area (TPSA) is 103 Å². The van der Waals surface area contributed by atoms with Gasteiger partial charge in [-0.05, 0) is 13.0 Å². The second-order valence-electron chi connectivity index (χ2n) is 4.97. The number of rotatable bonds is 2. The highest BCUT2D eigenvalue weighted by Crippen LogP contribution is 2.42. The normalized spacial score (nSPS) is 13.8. The Morgan fingerprint density at radius 2 is 1.78 bits per heavy atom. The van der Waals surface area contributed by atoms with Gasteiger partial charge in [0.1, 0.15) is 22.6 Å². The fourth-order valence-corrected chi connectivity index (χ4v) is 2.71. The molecule has 0 saturated heterocycles. The molecule has 0 fully saturated rings. The Labute approximate surface area is 129 Å². The molecular weight excluding hydrogens is 304 g/mol. The number of Topliss-reactive ketones (excluding diaryl/α,β-unsaturated/α-hetero) is 1. The van der Waals surface area contributed by atoms with Crippen molar-refractivity contribution in [3.8, 4) is 11.5 Å². The largest absolute Gasteiger partial charge is 0.506 e. The average Bonchev–Trinajstić information content (AvgIpc) is 2.49. The Hall–Kier alpha value is -3.09. The molecule has 118 valence electrons. The summed E-state index contributed by atoms with van der Waals surface area (Å²) in [6.45, 7) is 1.55. The molecule has 1 aliphatic rings. The number of benzene rings is 1. The number of hydrogen-bond acceptors (Lipinski definition) is 7. The lowest BCUT2D eigenvalue weighted by Gasteiger charge is -2.20. The summed E-state index contributed by atoms with van der Waals surface area (Å²) < 4.78 is 15.1. The summed E-state index contributed by atoms with van der Waals surface area (Å²) in [6.07, 6.45) is 0.964. The van der Waals surface area contributed by atoms with E-state index in [1.54, 1.807) is 6.92 Å². The van der Waals surface area contributed by atoms with Crippen LogP contribution in [-0.2, 0) is 4.74 Å². The highest BCUT2D eigenvalue weighted by Gasteiger charge is 2.35. The van der Waals surface area contributed by atoms with Crippen LogP contribution in [0, 0.1) is 6.92 Å². The summed E-state index contributed by atoms with van der Waals surface area (Å²) in [7, 11) is 2.56. The van der Waals surface area contributed by atoms with Crippen LogP contribution in [-0.4, -0.2) is 30.9 Å². The van der Waals surface area contributed by atoms with Crippen LogP contribution in [0.25, 0.3) is 10.8 Å². The van der Waals surface area contributed by atoms with E-state index in [9.17, 15) is 19.5 Å². The molecule has 0 amide bonds. The SMILES string of the molecule is COC1=CC(=O)c2c(c(OC)c3cc(C)oc(=O)c3c2O)C1=O. The van der Waals surface area contributed by atoms with Gasteiger partial charge in [0.15, 0.2) is 11.5 Å².